The average molecular weight is 379 g/mol. The third-order valence-corrected chi connectivity index (χ3v) is 6.72. The van der Waals surface area contributed by atoms with Gasteiger partial charge in [0.15, 0.2) is 0 Å². The Bertz CT molecular complexity index is 1030. The minimum absolute atomic E-state index is 0.0556. The summed E-state index contributed by atoms with van der Waals surface area (Å²) in [6, 6.07) is 4.46. The first-order valence-electron chi connectivity index (χ1n) is 9.03. The van der Waals surface area contributed by atoms with Crippen molar-refractivity contribution in [2.24, 2.45) is 14.1 Å². The first-order valence-corrected chi connectivity index (χ1v) is 10.5. The fourth-order valence-corrected chi connectivity index (χ4v) is 4.91. The van der Waals surface area contributed by atoms with E-state index in [1.54, 1.807) is 6.07 Å². The van der Waals surface area contributed by atoms with E-state index in [0.717, 1.165) is 38.5 Å². The highest BCUT2D eigenvalue weighted by Crippen LogP contribution is 2.21. The topological polar surface area (TPSA) is 90.2 Å². The van der Waals surface area contributed by atoms with E-state index in [-0.39, 0.29) is 10.9 Å². The van der Waals surface area contributed by atoms with Gasteiger partial charge in [-0.05, 0) is 31.0 Å². The third-order valence-electron chi connectivity index (χ3n) is 5.20. The van der Waals surface area contributed by atoms with Gasteiger partial charge in [-0.2, -0.15) is 0 Å². The zero-order chi connectivity index (χ0) is 18.9. The highest BCUT2D eigenvalue weighted by Gasteiger charge is 2.22. The van der Waals surface area contributed by atoms with Gasteiger partial charge in [0, 0.05) is 20.1 Å². The van der Waals surface area contributed by atoms with E-state index in [0.29, 0.717) is 11.0 Å². The van der Waals surface area contributed by atoms with Gasteiger partial charge < -0.3 is 9.13 Å². The average Bonchev–Trinajstić information content (AvgIpc) is 2.59. The van der Waals surface area contributed by atoms with Crippen molar-refractivity contribution in [1.29, 1.82) is 0 Å². The van der Waals surface area contributed by atoms with Crippen molar-refractivity contribution >= 4 is 21.1 Å². The highest BCUT2D eigenvalue weighted by atomic mass is 32.2. The molecule has 1 fully saturated rings. The van der Waals surface area contributed by atoms with Crippen molar-refractivity contribution in [3.8, 4) is 0 Å². The van der Waals surface area contributed by atoms with Crippen LogP contribution in [0.2, 0.25) is 0 Å². The molecule has 0 unspecified atom stereocenters. The van der Waals surface area contributed by atoms with Crippen LogP contribution in [-0.4, -0.2) is 23.6 Å². The number of nitrogens with zero attached hydrogens (tertiary/aromatic N) is 2. The maximum atomic E-state index is 12.8. The van der Waals surface area contributed by atoms with E-state index in [2.05, 4.69) is 4.72 Å². The molecule has 3 rings (SSSR count). The summed E-state index contributed by atoms with van der Waals surface area (Å²) in [6.07, 6.45) is 7.26. The highest BCUT2D eigenvalue weighted by molar-refractivity contribution is 7.89. The summed E-state index contributed by atoms with van der Waals surface area (Å²) in [5, 5.41) is 0. The number of hydrogen-bond acceptors (Lipinski definition) is 4. The molecule has 1 aliphatic rings. The molecule has 2 aromatic rings. The van der Waals surface area contributed by atoms with Crippen molar-refractivity contribution in [3.63, 3.8) is 0 Å². The second-order valence-corrected chi connectivity index (χ2v) is 8.76. The molecule has 0 radical (unpaired) electrons. The predicted molar refractivity (Wildman–Crippen MR) is 101 cm³/mol. The lowest BCUT2D eigenvalue weighted by atomic mass is 9.97. The molecule has 0 bridgehead atoms. The van der Waals surface area contributed by atoms with Gasteiger partial charge in [-0.1, -0.05) is 32.1 Å². The second-order valence-electron chi connectivity index (χ2n) is 7.04. The Balaban J connectivity index is 1.98. The van der Waals surface area contributed by atoms with Gasteiger partial charge in [-0.15, -0.1) is 0 Å². The SMILES string of the molecule is Cn1c(=O)c(=O)n(C)c2cc(S(=O)(=O)NC3CCCCCCC3)ccc21. The fraction of sp³-hybridized carbons (Fsp3) is 0.556. The van der Waals surface area contributed by atoms with Gasteiger partial charge in [0.2, 0.25) is 10.0 Å². The van der Waals surface area contributed by atoms with Gasteiger partial charge in [-0.3, -0.25) is 9.59 Å². The Morgan fingerprint density at radius 2 is 1.42 bits per heavy atom. The van der Waals surface area contributed by atoms with Crippen LogP contribution in [0, 0.1) is 0 Å². The van der Waals surface area contributed by atoms with Crippen LogP contribution in [0.25, 0.3) is 11.0 Å². The molecule has 8 heteroatoms. The van der Waals surface area contributed by atoms with Crippen LogP contribution in [-0.2, 0) is 24.1 Å². The van der Waals surface area contributed by atoms with Gasteiger partial charge in [0.1, 0.15) is 0 Å². The Labute approximate surface area is 152 Å². The lowest BCUT2D eigenvalue weighted by Gasteiger charge is -2.21. The van der Waals surface area contributed by atoms with Crippen LogP contribution in [0.5, 0.6) is 0 Å². The van der Waals surface area contributed by atoms with Crippen LogP contribution >= 0.6 is 0 Å². The summed E-state index contributed by atoms with van der Waals surface area (Å²) in [5.74, 6) is 0. The number of aromatic nitrogens is 2. The van der Waals surface area contributed by atoms with Gasteiger partial charge in [-0.25, -0.2) is 13.1 Å². The maximum absolute atomic E-state index is 12.8. The summed E-state index contributed by atoms with van der Waals surface area (Å²) in [6.45, 7) is 0. The summed E-state index contributed by atoms with van der Waals surface area (Å²) in [7, 11) is -0.701. The van der Waals surface area contributed by atoms with Gasteiger partial charge in [0.25, 0.3) is 0 Å². The van der Waals surface area contributed by atoms with Gasteiger partial charge >= 0.3 is 11.1 Å². The smallest absolute Gasteiger partial charge is 0.305 e. The summed E-state index contributed by atoms with van der Waals surface area (Å²) < 4.78 is 30.9. The maximum Gasteiger partial charge on any atom is 0.316 e. The zero-order valence-corrected chi connectivity index (χ0v) is 16.0. The quantitative estimate of drug-likeness (QED) is 0.821. The van der Waals surface area contributed by atoms with Crippen molar-refractivity contribution in [3.05, 3.63) is 38.9 Å². The molecular formula is C18H25N3O4S. The Morgan fingerprint density at radius 3 is 2.04 bits per heavy atom. The molecular weight excluding hydrogens is 354 g/mol. The van der Waals surface area contributed by atoms with E-state index >= 15 is 0 Å². The van der Waals surface area contributed by atoms with Crippen LogP contribution < -0.4 is 15.8 Å². The lowest BCUT2D eigenvalue weighted by molar-refractivity contribution is 0.426. The molecule has 1 N–H and O–H groups in total. The summed E-state index contributed by atoms with van der Waals surface area (Å²) in [5.41, 5.74) is -0.384. The first-order chi connectivity index (χ1) is 12.3. The Kier molecular flexibility index (Phi) is 5.34. The molecule has 7 nitrogen and oxygen atoms in total. The molecule has 0 amide bonds. The van der Waals surface area contributed by atoms with Crippen molar-refractivity contribution in [2.45, 2.75) is 55.9 Å². The fourth-order valence-electron chi connectivity index (χ4n) is 3.59. The molecule has 142 valence electrons. The molecule has 0 spiro atoms. The lowest BCUT2D eigenvalue weighted by Crippen LogP contribution is -2.39. The Morgan fingerprint density at radius 1 is 0.885 bits per heavy atom. The van der Waals surface area contributed by atoms with E-state index in [1.807, 2.05) is 0 Å². The van der Waals surface area contributed by atoms with Crippen molar-refractivity contribution < 1.29 is 8.42 Å². The summed E-state index contributed by atoms with van der Waals surface area (Å²) in [4.78, 5) is 24.0. The van der Waals surface area contributed by atoms with Crippen LogP contribution in [0.4, 0.5) is 0 Å². The molecule has 26 heavy (non-hydrogen) atoms. The monoisotopic (exact) mass is 379 g/mol. The third kappa shape index (κ3) is 3.61. The number of rotatable bonds is 3. The largest absolute Gasteiger partial charge is 0.316 e. The van der Waals surface area contributed by atoms with Crippen LogP contribution in [0.15, 0.2) is 32.7 Å². The molecule has 1 heterocycles. The zero-order valence-electron chi connectivity index (χ0n) is 15.2. The molecule has 1 aromatic carbocycles. The van der Waals surface area contributed by atoms with E-state index in [9.17, 15) is 18.0 Å². The van der Waals surface area contributed by atoms with Crippen LogP contribution in [0.1, 0.15) is 44.9 Å². The minimum Gasteiger partial charge on any atom is -0.305 e. The van der Waals surface area contributed by atoms with Crippen molar-refractivity contribution in [2.75, 3.05) is 0 Å². The van der Waals surface area contributed by atoms with E-state index in [1.165, 1.54) is 41.8 Å². The van der Waals surface area contributed by atoms with Crippen molar-refractivity contribution in [1.82, 2.24) is 13.9 Å². The van der Waals surface area contributed by atoms with Crippen LogP contribution in [0.3, 0.4) is 0 Å². The predicted octanol–water partition coefficient (Wildman–Crippen LogP) is 1.63. The second kappa shape index (κ2) is 7.36. The van der Waals surface area contributed by atoms with Gasteiger partial charge in [0.05, 0.1) is 15.9 Å². The molecule has 0 saturated heterocycles. The molecule has 1 aliphatic carbocycles. The number of fused-ring (bicyclic) bond motifs is 1. The molecule has 1 aromatic heterocycles. The number of sulfonamides is 1. The summed E-state index contributed by atoms with van der Waals surface area (Å²) >= 11 is 0. The normalized spacial score (nSPS) is 17.2. The number of benzene rings is 1. The first kappa shape index (κ1) is 18.8. The minimum atomic E-state index is -3.68. The standard InChI is InChI=1S/C18H25N3O4S/c1-20-15-11-10-14(12-16(15)21(2)18(23)17(20)22)26(24,25)19-13-8-6-4-3-5-7-9-13/h10-13,19H,3-9H2,1-2H3. The molecule has 0 atom stereocenters. The number of nitrogens with one attached hydrogen (secondary N) is 1. The Hall–Kier alpha value is -1.93. The number of aryl methyl sites for hydroxylation is 2. The van der Waals surface area contributed by atoms with E-state index < -0.39 is 21.1 Å². The molecule has 1 saturated carbocycles. The van der Waals surface area contributed by atoms with E-state index in [4.69, 9.17) is 0 Å². The molecule has 0 aliphatic heterocycles. The number of hydrogen-bond donors (Lipinski definition) is 1.